The third kappa shape index (κ3) is 2.57. The molecule has 5 nitrogen and oxygen atoms in total. The van der Waals surface area contributed by atoms with Gasteiger partial charge in [0, 0.05) is 31.5 Å². The second-order valence-corrected chi connectivity index (χ2v) is 6.13. The quantitative estimate of drug-likeness (QED) is 0.920. The number of carbonyl (C=O) groups excluding carboxylic acids is 1. The summed E-state index contributed by atoms with van der Waals surface area (Å²) >= 11 is 0. The highest BCUT2D eigenvalue weighted by Crippen LogP contribution is 2.29. The molecule has 2 aromatic rings. The summed E-state index contributed by atoms with van der Waals surface area (Å²) in [7, 11) is 0. The first-order chi connectivity index (χ1) is 11.2. The van der Waals surface area contributed by atoms with E-state index in [0.717, 1.165) is 37.4 Å². The summed E-state index contributed by atoms with van der Waals surface area (Å²) in [6, 6.07) is 11.7. The number of carbonyl (C=O) groups is 1. The zero-order valence-electron chi connectivity index (χ0n) is 12.9. The molecule has 2 aliphatic heterocycles. The first-order valence-electron chi connectivity index (χ1n) is 8.01. The molecule has 0 bridgehead atoms. The van der Waals surface area contributed by atoms with Gasteiger partial charge in [-0.3, -0.25) is 4.79 Å². The Morgan fingerprint density at radius 1 is 1.17 bits per heavy atom. The van der Waals surface area contributed by atoms with Crippen LogP contribution in [0.4, 0.5) is 11.5 Å². The van der Waals surface area contributed by atoms with Gasteiger partial charge >= 0.3 is 0 Å². The fourth-order valence-electron chi connectivity index (χ4n) is 3.35. The van der Waals surface area contributed by atoms with E-state index in [1.807, 2.05) is 40.1 Å². The van der Waals surface area contributed by atoms with E-state index in [9.17, 15) is 9.90 Å². The normalized spacial score (nSPS) is 20.0. The number of aromatic nitrogens is 1. The third-order valence-electron chi connectivity index (χ3n) is 4.61. The summed E-state index contributed by atoms with van der Waals surface area (Å²) in [5.74, 6) is 0.815. The number of fused-ring (bicyclic) bond motifs is 1. The molecule has 1 aromatic heterocycles. The maximum Gasteiger partial charge on any atom is 0.259 e. The van der Waals surface area contributed by atoms with Crippen LogP contribution in [0.1, 0.15) is 22.3 Å². The van der Waals surface area contributed by atoms with E-state index in [2.05, 4.69) is 11.1 Å². The van der Waals surface area contributed by atoms with Gasteiger partial charge in [0.15, 0.2) is 0 Å². The molecule has 1 amide bonds. The smallest absolute Gasteiger partial charge is 0.259 e. The van der Waals surface area contributed by atoms with Gasteiger partial charge < -0.3 is 14.9 Å². The Balaban J connectivity index is 1.53. The molecule has 4 rings (SSSR count). The summed E-state index contributed by atoms with van der Waals surface area (Å²) in [6.45, 7) is 2.14. The Morgan fingerprint density at radius 3 is 2.78 bits per heavy atom. The van der Waals surface area contributed by atoms with Crippen LogP contribution in [0.2, 0.25) is 0 Å². The van der Waals surface area contributed by atoms with Crippen LogP contribution in [0, 0.1) is 0 Å². The van der Waals surface area contributed by atoms with Gasteiger partial charge in [-0.05, 0) is 36.6 Å². The van der Waals surface area contributed by atoms with Crippen molar-refractivity contribution in [1.29, 1.82) is 0 Å². The molecule has 1 atom stereocenters. The number of aliphatic hydroxyl groups excluding tert-OH is 1. The molecule has 3 heterocycles. The van der Waals surface area contributed by atoms with E-state index in [0.29, 0.717) is 12.1 Å². The predicted molar refractivity (Wildman–Crippen MR) is 88.9 cm³/mol. The molecule has 0 aliphatic carbocycles. The maximum atomic E-state index is 12.7. The lowest BCUT2D eigenvalue weighted by molar-refractivity contribution is 0.0989. The number of amides is 1. The largest absolute Gasteiger partial charge is 0.391 e. The van der Waals surface area contributed by atoms with E-state index in [1.165, 1.54) is 5.56 Å². The number of β-amino-alcohol motifs (C(OH)–C–C–N with tert-alkyl or cyclic N) is 1. The molecular formula is C18H19N3O2. The number of hydrogen-bond donors (Lipinski definition) is 1. The topological polar surface area (TPSA) is 56.7 Å². The Labute approximate surface area is 135 Å². The molecule has 0 unspecified atom stereocenters. The Morgan fingerprint density at radius 2 is 2.04 bits per heavy atom. The van der Waals surface area contributed by atoms with Gasteiger partial charge in [-0.15, -0.1) is 0 Å². The van der Waals surface area contributed by atoms with Crippen LogP contribution in [0.3, 0.4) is 0 Å². The minimum absolute atomic E-state index is 0.00421. The molecule has 23 heavy (non-hydrogen) atoms. The van der Waals surface area contributed by atoms with Crippen LogP contribution in [0.25, 0.3) is 0 Å². The zero-order valence-corrected chi connectivity index (χ0v) is 12.9. The Hall–Kier alpha value is -2.40. The summed E-state index contributed by atoms with van der Waals surface area (Å²) in [5, 5.41) is 9.61. The van der Waals surface area contributed by atoms with Gasteiger partial charge in [0.1, 0.15) is 5.82 Å². The summed E-state index contributed by atoms with van der Waals surface area (Å²) < 4.78 is 0. The summed E-state index contributed by atoms with van der Waals surface area (Å²) in [6.07, 6.45) is 3.04. The van der Waals surface area contributed by atoms with Gasteiger partial charge in [0.25, 0.3) is 5.91 Å². The molecule has 118 valence electrons. The zero-order chi connectivity index (χ0) is 15.8. The monoisotopic (exact) mass is 309 g/mol. The number of pyridine rings is 1. The van der Waals surface area contributed by atoms with E-state index in [1.54, 1.807) is 6.20 Å². The van der Waals surface area contributed by atoms with E-state index < -0.39 is 0 Å². The van der Waals surface area contributed by atoms with E-state index >= 15 is 0 Å². The molecule has 2 aliphatic rings. The van der Waals surface area contributed by atoms with Crippen molar-refractivity contribution in [2.45, 2.75) is 18.9 Å². The highest BCUT2D eigenvalue weighted by atomic mass is 16.3. The SMILES string of the molecule is O=C(c1ccc(N2CC[C@H](O)C2)nc1)N1CCc2ccccc21. The fourth-order valence-corrected chi connectivity index (χ4v) is 3.35. The standard InChI is InChI=1S/C18H19N3O2/c22-15-8-9-20(12-15)17-6-5-14(11-19-17)18(23)21-10-7-13-3-1-2-4-16(13)21/h1-6,11,15,22H,7-10,12H2/t15-/m0/s1. The number of nitrogens with zero attached hydrogens (tertiary/aromatic N) is 3. The molecule has 1 saturated heterocycles. The van der Waals surface area contributed by atoms with Crippen LogP contribution in [0.15, 0.2) is 42.6 Å². The summed E-state index contributed by atoms with van der Waals surface area (Å²) in [5.41, 5.74) is 2.82. The fraction of sp³-hybridized carbons (Fsp3) is 0.333. The van der Waals surface area contributed by atoms with Crippen molar-refractivity contribution in [2.75, 3.05) is 29.4 Å². The molecule has 1 N–H and O–H groups in total. The van der Waals surface area contributed by atoms with Crippen LogP contribution < -0.4 is 9.80 Å². The van der Waals surface area contributed by atoms with Gasteiger partial charge in [-0.2, -0.15) is 0 Å². The number of anilines is 2. The highest BCUT2D eigenvalue weighted by Gasteiger charge is 2.26. The van der Waals surface area contributed by atoms with Crippen molar-refractivity contribution in [2.24, 2.45) is 0 Å². The lowest BCUT2D eigenvalue weighted by atomic mass is 10.2. The van der Waals surface area contributed by atoms with Crippen molar-refractivity contribution in [3.05, 3.63) is 53.7 Å². The first kappa shape index (κ1) is 14.2. The van der Waals surface area contributed by atoms with E-state index in [4.69, 9.17) is 0 Å². The molecule has 5 heteroatoms. The lowest BCUT2D eigenvalue weighted by Gasteiger charge is -2.19. The van der Waals surface area contributed by atoms with Gasteiger partial charge in [0.2, 0.25) is 0 Å². The Bertz CT molecular complexity index is 729. The van der Waals surface area contributed by atoms with Crippen molar-refractivity contribution >= 4 is 17.4 Å². The molecule has 1 fully saturated rings. The van der Waals surface area contributed by atoms with Crippen molar-refractivity contribution in [3.63, 3.8) is 0 Å². The predicted octanol–water partition coefficient (Wildman–Crippen LogP) is 1.86. The van der Waals surface area contributed by atoms with Crippen LogP contribution in [-0.4, -0.2) is 41.7 Å². The minimum atomic E-state index is -0.279. The lowest BCUT2D eigenvalue weighted by Crippen LogP contribution is -2.29. The summed E-state index contributed by atoms with van der Waals surface area (Å²) in [4.78, 5) is 21.0. The van der Waals surface area contributed by atoms with Gasteiger partial charge in [0.05, 0.1) is 11.7 Å². The van der Waals surface area contributed by atoms with Gasteiger partial charge in [-0.25, -0.2) is 4.98 Å². The van der Waals surface area contributed by atoms with Crippen LogP contribution in [-0.2, 0) is 6.42 Å². The van der Waals surface area contributed by atoms with Crippen molar-refractivity contribution in [1.82, 2.24) is 4.98 Å². The third-order valence-corrected chi connectivity index (χ3v) is 4.61. The van der Waals surface area contributed by atoms with Crippen molar-refractivity contribution in [3.8, 4) is 0 Å². The minimum Gasteiger partial charge on any atom is -0.391 e. The van der Waals surface area contributed by atoms with Gasteiger partial charge in [-0.1, -0.05) is 18.2 Å². The maximum absolute atomic E-state index is 12.7. The average molecular weight is 309 g/mol. The highest BCUT2D eigenvalue weighted by molar-refractivity contribution is 6.07. The number of hydrogen-bond acceptors (Lipinski definition) is 4. The molecule has 0 spiro atoms. The number of benzene rings is 1. The number of rotatable bonds is 2. The molecular weight excluding hydrogens is 290 g/mol. The number of para-hydroxylation sites is 1. The Kier molecular flexibility index (Phi) is 3.50. The van der Waals surface area contributed by atoms with Crippen LogP contribution >= 0.6 is 0 Å². The second kappa shape index (κ2) is 5.66. The molecule has 0 saturated carbocycles. The van der Waals surface area contributed by atoms with Crippen molar-refractivity contribution < 1.29 is 9.90 Å². The molecule has 1 aromatic carbocycles. The van der Waals surface area contributed by atoms with Crippen LogP contribution in [0.5, 0.6) is 0 Å². The average Bonchev–Trinajstić information content (AvgIpc) is 3.21. The second-order valence-electron chi connectivity index (χ2n) is 6.13. The first-order valence-corrected chi connectivity index (χ1v) is 8.01. The number of aliphatic hydroxyl groups is 1. The molecule has 0 radical (unpaired) electrons. The van der Waals surface area contributed by atoms with E-state index in [-0.39, 0.29) is 12.0 Å².